The molecule has 4 nitrogen and oxygen atoms in total. The van der Waals surface area contributed by atoms with E-state index in [0.717, 1.165) is 11.5 Å². The van der Waals surface area contributed by atoms with Gasteiger partial charge < -0.3 is 10.1 Å². The normalized spacial score (nSPS) is 10.7. The zero-order valence-corrected chi connectivity index (χ0v) is 12.7. The van der Waals surface area contributed by atoms with Crippen LogP contribution in [-0.4, -0.2) is 24.1 Å². The first kappa shape index (κ1) is 14.5. The van der Waals surface area contributed by atoms with Crippen molar-refractivity contribution >= 4 is 5.82 Å². The number of nitrogens with zero attached hydrogens (tertiary/aromatic N) is 2. The third kappa shape index (κ3) is 2.96. The number of anilines is 1. The van der Waals surface area contributed by atoms with Crippen molar-refractivity contribution in [1.82, 2.24) is 9.97 Å². The highest BCUT2D eigenvalue weighted by molar-refractivity contribution is 5.70. The second-order valence-electron chi connectivity index (χ2n) is 5.01. The summed E-state index contributed by atoms with van der Waals surface area (Å²) in [6.07, 6.45) is 0. The monoisotopic (exact) mass is 271 g/mol. The van der Waals surface area contributed by atoms with Crippen molar-refractivity contribution in [2.24, 2.45) is 0 Å². The van der Waals surface area contributed by atoms with E-state index in [1.165, 1.54) is 22.3 Å². The van der Waals surface area contributed by atoms with Crippen LogP contribution in [0, 0.1) is 20.8 Å². The van der Waals surface area contributed by atoms with Crippen molar-refractivity contribution in [2.75, 3.05) is 19.5 Å². The smallest absolute Gasteiger partial charge is 0.157 e. The molecule has 4 heteroatoms. The molecule has 20 heavy (non-hydrogen) atoms. The number of aromatic nitrogens is 2. The van der Waals surface area contributed by atoms with E-state index >= 15 is 0 Å². The van der Waals surface area contributed by atoms with E-state index in [2.05, 4.69) is 48.2 Å². The summed E-state index contributed by atoms with van der Waals surface area (Å²) in [5, 5.41) is 3.08. The molecule has 1 heterocycles. The van der Waals surface area contributed by atoms with Gasteiger partial charge in [-0.25, -0.2) is 9.97 Å². The van der Waals surface area contributed by atoms with Crippen LogP contribution in [0.15, 0.2) is 18.2 Å². The van der Waals surface area contributed by atoms with Crippen LogP contribution in [0.3, 0.4) is 0 Å². The van der Waals surface area contributed by atoms with Gasteiger partial charge in [0.15, 0.2) is 5.82 Å². The molecule has 1 aromatic carbocycles. The molecular formula is C16H21N3O. The lowest BCUT2D eigenvalue weighted by Gasteiger charge is -2.13. The van der Waals surface area contributed by atoms with Crippen LogP contribution in [0.2, 0.25) is 0 Å². The SMILES string of the molecule is CNc1cc(-c2c(C)cc(C)cc2C)nc(COC)n1. The first-order chi connectivity index (χ1) is 9.55. The summed E-state index contributed by atoms with van der Waals surface area (Å²) >= 11 is 0. The molecule has 0 amide bonds. The van der Waals surface area contributed by atoms with Gasteiger partial charge in [-0.3, -0.25) is 0 Å². The quantitative estimate of drug-likeness (QED) is 0.927. The fourth-order valence-electron chi connectivity index (χ4n) is 2.53. The van der Waals surface area contributed by atoms with Gasteiger partial charge in [0, 0.05) is 25.8 Å². The lowest BCUT2D eigenvalue weighted by Crippen LogP contribution is -2.04. The van der Waals surface area contributed by atoms with Crippen LogP contribution in [0.25, 0.3) is 11.3 Å². The van der Waals surface area contributed by atoms with Gasteiger partial charge in [0.25, 0.3) is 0 Å². The summed E-state index contributed by atoms with van der Waals surface area (Å²) in [7, 11) is 3.51. The Morgan fingerprint density at radius 1 is 1.05 bits per heavy atom. The Hall–Kier alpha value is -1.94. The first-order valence-corrected chi connectivity index (χ1v) is 6.68. The van der Waals surface area contributed by atoms with Gasteiger partial charge in [0.1, 0.15) is 12.4 Å². The fraction of sp³-hybridized carbons (Fsp3) is 0.375. The Morgan fingerprint density at radius 2 is 1.70 bits per heavy atom. The Morgan fingerprint density at radius 3 is 2.25 bits per heavy atom. The second-order valence-corrected chi connectivity index (χ2v) is 5.01. The average molecular weight is 271 g/mol. The number of rotatable bonds is 4. The number of nitrogens with one attached hydrogen (secondary N) is 1. The summed E-state index contributed by atoms with van der Waals surface area (Å²) in [5.41, 5.74) is 5.83. The number of hydrogen-bond acceptors (Lipinski definition) is 4. The summed E-state index contributed by atoms with van der Waals surface area (Å²) in [6.45, 7) is 6.75. The predicted molar refractivity (Wildman–Crippen MR) is 81.9 cm³/mol. The zero-order chi connectivity index (χ0) is 14.7. The molecule has 0 aliphatic heterocycles. The van der Waals surface area contributed by atoms with Crippen molar-refractivity contribution in [2.45, 2.75) is 27.4 Å². The molecule has 0 unspecified atom stereocenters. The molecule has 0 radical (unpaired) electrons. The van der Waals surface area contributed by atoms with Gasteiger partial charge in [-0.15, -0.1) is 0 Å². The van der Waals surface area contributed by atoms with Crippen molar-refractivity contribution < 1.29 is 4.74 Å². The first-order valence-electron chi connectivity index (χ1n) is 6.68. The van der Waals surface area contributed by atoms with Gasteiger partial charge in [-0.05, 0) is 31.9 Å². The van der Waals surface area contributed by atoms with E-state index in [-0.39, 0.29) is 0 Å². The summed E-state index contributed by atoms with van der Waals surface area (Å²) in [5.74, 6) is 1.50. The van der Waals surface area contributed by atoms with Crippen LogP contribution < -0.4 is 5.32 Å². The maximum absolute atomic E-state index is 5.15. The molecule has 0 aliphatic carbocycles. The van der Waals surface area contributed by atoms with Crippen LogP contribution >= 0.6 is 0 Å². The lowest BCUT2D eigenvalue weighted by atomic mass is 9.97. The van der Waals surface area contributed by atoms with Crippen molar-refractivity contribution in [1.29, 1.82) is 0 Å². The zero-order valence-electron chi connectivity index (χ0n) is 12.7. The van der Waals surface area contributed by atoms with Gasteiger partial charge >= 0.3 is 0 Å². The highest BCUT2D eigenvalue weighted by Gasteiger charge is 2.11. The fourth-order valence-corrected chi connectivity index (χ4v) is 2.53. The molecule has 106 valence electrons. The van der Waals surface area contributed by atoms with Gasteiger partial charge in [0.05, 0.1) is 5.69 Å². The Bertz CT molecular complexity index is 600. The molecule has 0 atom stereocenters. The van der Waals surface area contributed by atoms with Gasteiger partial charge in [0.2, 0.25) is 0 Å². The summed E-state index contributed by atoms with van der Waals surface area (Å²) in [6, 6.07) is 6.34. The standard InChI is InChI=1S/C16H21N3O/c1-10-6-11(2)16(12(3)7-10)13-8-14(17-4)19-15(18-13)9-20-5/h6-8H,9H2,1-5H3,(H,17,18,19). The third-order valence-corrected chi connectivity index (χ3v) is 3.24. The molecule has 0 fully saturated rings. The van der Waals surface area contributed by atoms with Crippen molar-refractivity contribution in [3.8, 4) is 11.3 Å². The molecule has 0 saturated heterocycles. The van der Waals surface area contributed by atoms with Crippen LogP contribution in [0.1, 0.15) is 22.5 Å². The van der Waals surface area contributed by atoms with Crippen LogP contribution in [-0.2, 0) is 11.3 Å². The molecular weight excluding hydrogens is 250 g/mol. The van der Waals surface area contributed by atoms with Crippen molar-refractivity contribution in [3.05, 3.63) is 40.7 Å². The molecule has 2 aromatic rings. The summed E-state index contributed by atoms with van der Waals surface area (Å²) < 4.78 is 5.15. The minimum atomic E-state index is 0.409. The minimum absolute atomic E-state index is 0.409. The largest absolute Gasteiger partial charge is 0.377 e. The topological polar surface area (TPSA) is 47.0 Å². The highest BCUT2D eigenvalue weighted by atomic mass is 16.5. The van der Waals surface area contributed by atoms with E-state index < -0.39 is 0 Å². The highest BCUT2D eigenvalue weighted by Crippen LogP contribution is 2.28. The predicted octanol–water partition coefficient (Wildman–Crippen LogP) is 3.26. The second kappa shape index (κ2) is 6.01. The van der Waals surface area contributed by atoms with Gasteiger partial charge in [-0.2, -0.15) is 0 Å². The number of aryl methyl sites for hydroxylation is 3. The van der Waals surface area contributed by atoms with E-state index in [1.807, 2.05) is 13.1 Å². The average Bonchev–Trinajstić information content (AvgIpc) is 2.37. The third-order valence-electron chi connectivity index (χ3n) is 3.24. The van der Waals surface area contributed by atoms with E-state index in [1.54, 1.807) is 7.11 Å². The molecule has 2 rings (SSSR count). The maximum Gasteiger partial charge on any atom is 0.157 e. The number of methoxy groups -OCH3 is 1. The molecule has 0 spiro atoms. The molecule has 1 N–H and O–H groups in total. The van der Waals surface area contributed by atoms with Crippen molar-refractivity contribution in [3.63, 3.8) is 0 Å². The number of benzene rings is 1. The molecule has 1 aromatic heterocycles. The van der Waals surface area contributed by atoms with Crippen LogP contribution in [0.4, 0.5) is 5.82 Å². The summed E-state index contributed by atoms with van der Waals surface area (Å²) in [4.78, 5) is 9.01. The van der Waals surface area contributed by atoms with E-state index in [9.17, 15) is 0 Å². The van der Waals surface area contributed by atoms with Crippen LogP contribution in [0.5, 0.6) is 0 Å². The molecule has 0 aliphatic rings. The number of hydrogen-bond donors (Lipinski definition) is 1. The Balaban J connectivity index is 2.60. The molecule has 0 bridgehead atoms. The Kier molecular flexibility index (Phi) is 4.35. The van der Waals surface area contributed by atoms with E-state index in [0.29, 0.717) is 12.4 Å². The minimum Gasteiger partial charge on any atom is -0.377 e. The van der Waals surface area contributed by atoms with Gasteiger partial charge in [-0.1, -0.05) is 17.7 Å². The molecule has 0 saturated carbocycles. The maximum atomic E-state index is 5.15. The number of ether oxygens (including phenoxy) is 1. The van der Waals surface area contributed by atoms with E-state index in [4.69, 9.17) is 4.74 Å². The Labute approximate surface area is 120 Å². The lowest BCUT2D eigenvalue weighted by molar-refractivity contribution is 0.178.